The molecule has 134 valence electrons. The molecule has 0 aliphatic rings. The number of hydrogen-bond acceptors (Lipinski definition) is 4. The molecule has 4 rings (SSSR count). The molecule has 3 heterocycles. The summed E-state index contributed by atoms with van der Waals surface area (Å²) in [4.78, 5) is 18.9. The standard InChI is InChI=1S/C17H12F3N3OS2/c18-17(19,20)11-4-2-1-3-10(11)5-6-21-14(24)13-9-12-15(26-13)22-16-23(12)7-8-25-16/h1-4,7-9H,5-6H2,(H,21,24). The Labute approximate surface area is 153 Å². The topological polar surface area (TPSA) is 46.4 Å². The Balaban J connectivity index is 1.45. The Hall–Kier alpha value is -2.39. The van der Waals surface area contributed by atoms with Crippen LogP contribution in [0.3, 0.4) is 0 Å². The van der Waals surface area contributed by atoms with Gasteiger partial charge in [0.1, 0.15) is 4.83 Å². The summed E-state index contributed by atoms with van der Waals surface area (Å²) in [6.45, 7) is 0.127. The average Bonchev–Trinajstić information content (AvgIpc) is 3.26. The lowest BCUT2D eigenvalue weighted by molar-refractivity contribution is -0.138. The van der Waals surface area contributed by atoms with Gasteiger partial charge in [0.25, 0.3) is 5.91 Å². The highest BCUT2D eigenvalue weighted by Gasteiger charge is 2.32. The Morgan fingerprint density at radius 3 is 2.88 bits per heavy atom. The molecule has 3 aromatic heterocycles. The summed E-state index contributed by atoms with van der Waals surface area (Å²) in [5.74, 6) is -0.304. The zero-order valence-electron chi connectivity index (χ0n) is 13.2. The fraction of sp³-hybridized carbons (Fsp3) is 0.176. The predicted molar refractivity (Wildman–Crippen MR) is 95.9 cm³/mol. The van der Waals surface area contributed by atoms with Gasteiger partial charge >= 0.3 is 6.18 Å². The largest absolute Gasteiger partial charge is 0.416 e. The van der Waals surface area contributed by atoms with E-state index in [2.05, 4.69) is 10.3 Å². The lowest BCUT2D eigenvalue weighted by atomic mass is 10.0. The fourth-order valence-corrected chi connectivity index (χ4v) is 4.49. The average molecular weight is 395 g/mol. The van der Waals surface area contributed by atoms with Crippen LogP contribution in [0.25, 0.3) is 15.3 Å². The molecule has 0 saturated heterocycles. The second kappa shape index (κ2) is 6.40. The molecule has 4 nitrogen and oxygen atoms in total. The van der Waals surface area contributed by atoms with Crippen molar-refractivity contribution >= 4 is 43.9 Å². The summed E-state index contributed by atoms with van der Waals surface area (Å²) in [5, 5.41) is 4.60. The molecular weight excluding hydrogens is 383 g/mol. The first-order valence-corrected chi connectivity index (χ1v) is 9.41. The molecule has 26 heavy (non-hydrogen) atoms. The van der Waals surface area contributed by atoms with Crippen molar-refractivity contribution in [2.24, 2.45) is 0 Å². The monoisotopic (exact) mass is 395 g/mol. The second-order valence-corrected chi connectivity index (χ2v) is 7.53. The molecule has 1 amide bonds. The minimum atomic E-state index is -4.40. The van der Waals surface area contributed by atoms with Crippen LogP contribution >= 0.6 is 22.7 Å². The number of imidazole rings is 1. The van der Waals surface area contributed by atoms with Crippen molar-refractivity contribution in [3.63, 3.8) is 0 Å². The number of amides is 1. The molecule has 1 aromatic carbocycles. The van der Waals surface area contributed by atoms with Crippen LogP contribution in [0.1, 0.15) is 20.8 Å². The van der Waals surface area contributed by atoms with E-state index in [1.54, 1.807) is 12.1 Å². The highest BCUT2D eigenvalue weighted by atomic mass is 32.1. The number of alkyl halides is 3. The zero-order valence-corrected chi connectivity index (χ0v) is 14.8. The molecule has 9 heteroatoms. The number of carbonyl (C=O) groups is 1. The van der Waals surface area contributed by atoms with Gasteiger partial charge in [-0.3, -0.25) is 9.20 Å². The lowest BCUT2D eigenvalue weighted by Crippen LogP contribution is -2.25. The molecule has 0 bridgehead atoms. The van der Waals surface area contributed by atoms with Crippen LogP contribution < -0.4 is 5.32 Å². The Morgan fingerprint density at radius 2 is 2.08 bits per heavy atom. The van der Waals surface area contributed by atoms with Crippen molar-refractivity contribution in [1.82, 2.24) is 14.7 Å². The summed E-state index contributed by atoms with van der Waals surface area (Å²) < 4.78 is 40.9. The van der Waals surface area contributed by atoms with Crippen LogP contribution in [-0.4, -0.2) is 21.8 Å². The van der Waals surface area contributed by atoms with E-state index in [0.29, 0.717) is 4.88 Å². The maximum absolute atomic E-state index is 13.0. The number of aromatic nitrogens is 2. The lowest BCUT2D eigenvalue weighted by Gasteiger charge is -2.12. The Bertz CT molecular complexity index is 1090. The molecule has 0 fully saturated rings. The van der Waals surface area contributed by atoms with Gasteiger partial charge < -0.3 is 5.32 Å². The first kappa shape index (κ1) is 17.0. The number of benzene rings is 1. The van der Waals surface area contributed by atoms with E-state index in [1.165, 1.54) is 34.8 Å². The van der Waals surface area contributed by atoms with Crippen LogP contribution in [-0.2, 0) is 12.6 Å². The van der Waals surface area contributed by atoms with Crippen molar-refractivity contribution in [2.45, 2.75) is 12.6 Å². The van der Waals surface area contributed by atoms with E-state index in [4.69, 9.17) is 0 Å². The number of nitrogens with one attached hydrogen (secondary N) is 1. The van der Waals surface area contributed by atoms with Gasteiger partial charge in [0, 0.05) is 18.1 Å². The Kier molecular flexibility index (Phi) is 4.20. The van der Waals surface area contributed by atoms with Gasteiger partial charge in [-0.2, -0.15) is 13.2 Å². The minimum absolute atomic E-state index is 0.111. The van der Waals surface area contributed by atoms with Crippen LogP contribution in [0.4, 0.5) is 13.2 Å². The van der Waals surface area contributed by atoms with Crippen LogP contribution in [0, 0.1) is 0 Å². The molecule has 0 aliphatic carbocycles. The molecular formula is C17H12F3N3OS2. The Morgan fingerprint density at radius 1 is 1.27 bits per heavy atom. The summed E-state index contributed by atoms with van der Waals surface area (Å²) in [7, 11) is 0. The number of halogens is 3. The third-order valence-electron chi connectivity index (χ3n) is 3.97. The van der Waals surface area contributed by atoms with Gasteiger partial charge in [-0.15, -0.1) is 22.7 Å². The van der Waals surface area contributed by atoms with Gasteiger partial charge in [0.15, 0.2) is 4.96 Å². The van der Waals surface area contributed by atoms with E-state index in [9.17, 15) is 18.0 Å². The maximum Gasteiger partial charge on any atom is 0.416 e. The van der Waals surface area contributed by atoms with E-state index in [1.807, 2.05) is 16.0 Å². The number of carbonyl (C=O) groups excluding carboxylic acids is 1. The minimum Gasteiger partial charge on any atom is -0.351 e. The number of thiazole rings is 1. The fourth-order valence-electron chi connectivity index (χ4n) is 2.77. The first-order chi connectivity index (χ1) is 12.4. The second-order valence-electron chi connectivity index (χ2n) is 5.63. The smallest absolute Gasteiger partial charge is 0.351 e. The van der Waals surface area contributed by atoms with Crippen LogP contribution in [0.15, 0.2) is 41.9 Å². The first-order valence-electron chi connectivity index (χ1n) is 7.72. The number of thiophene rings is 1. The molecule has 0 aliphatic heterocycles. The van der Waals surface area contributed by atoms with Gasteiger partial charge in [0.2, 0.25) is 0 Å². The quantitative estimate of drug-likeness (QED) is 0.549. The summed E-state index contributed by atoms with van der Waals surface area (Å²) >= 11 is 2.78. The van der Waals surface area contributed by atoms with Gasteiger partial charge in [0.05, 0.1) is 16.0 Å². The van der Waals surface area contributed by atoms with E-state index >= 15 is 0 Å². The zero-order chi connectivity index (χ0) is 18.3. The molecule has 4 aromatic rings. The van der Waals surface area contributed by atoms with E-state index < -0.39 is 11.7 Å². The highest BCUT2D eigenvalue weighted by Crippen LogP contribution is 2.32. The number of nitrogens with zero attached hydrogens (tertiary/aromatic N) is 2. The summed E-state index contributed by atoms with van der Waals surface area (Å²) in [6.07, 6.45) is -2.40. The van der Waals surface area contributed by atoms with Gasteiger partial charge in [-0.1, -0.05) is 18.2 Å². The van der Waals surface area contributed by atoms with Crippen molar-refractivity contribution in [1.29, 1.82) is 0 Å². The third kappa shape index (κ3) is 3.08. The van der Waals surface area contributed by atoms with Crippen LogP contribution in [0.2, 0.25) is 0 Å². The molecule has 0 spiro atoms. The summed E-state index contributed by atoms with van der Waals surface area (Å²) in [6, 6.07) is 7.16. The van der Waals surface area contributed by atoms with E-state index in [-0.39, 0.29) is 24.4 Å². The van der Waals surface area contributed by atoms with Gasteiger partial charge in [-0.05, 0) is 24.1 Å². The van der Waals surface area contributed by atoms with Crippen molar-refractivity contribution < 1.29 is 18.0 Å². The highest BCUT2D eigenvalue weighted by molar-refractivity contribution is 7.21. The molecule has 0 unspecified atom stereocenters. The SMILES string of the molecule is O=C(NCCc1ccccc1C(F)(F)F)c1cc2c(nc3sccn32)s1. The molecule has 0 atom stereocenters. The number of fused-ring (bicyclic) bond motifs is 3. The van der Waals surface area contributed by atoms with Gasteiger partial charge in [-0.25, -0.2) is 4.98 Å². The predicted octanol–water partition coefficient (Wildman–Crippen LogP) is 4.60. The number of rotatable bonds is 4. The maximum atomic E-state index is 13.0. The van der Waals surface area contributed by atoms with Crippen molar-refractivity contribution in [2.75, 3.05) is 6.54 Å². The van der Waals surface area contributed by atoms with Crippen molar-refractivity contribution in [3.05, 3.63) is 57.9 Å². The summed E-state index contributed by atoms with van der Waals surface area (Å²) in [5.41, 5.74) is 0.366. The molecule has 0 radical (unpaired) electrons. The van der Waals surface area contributed by atoms with E-state index in [0.717, 1.165) is 21.4 Å². The third-order valence-corrected chi connectivity index (χ3v) is 5.74. The molecule has 0 saturated carbocycles. The van der Waals surface area contributed by atoms with Crippen molar-refractivity contribution in [3.8, 4) is 0 Å². The van der Waals surface area contributed by atoms with Crippen LogP contribution in [0.5, 0.6) is 0 Å². The normalized spacial score (nSPS) is 12.1. The number of hydrogen-bond donors (Lipinski definition) is 1. The molecule has 1 N–H and O–H groups in total.